The highest BCUT2D eigenvalue weighted by Gasteiger charge is 2.34. The number of pyridine rings is 1. The molecule has 210 valence electrons. The average molecular weight is 556 g/mol. The first-order valence-electron chi connectivity index (χ1n) is 13.8. The van der Waals surface area contributed by atoms with Crippen LogP contribution < -0.4 is 4.74 Å². The molecule has 2 atom stereocenters. The van der Waals surface area contributed by atoms with Crippen molar-refractivity contribution in [3.8, 4) is 11.9 Å². The van der Waals surface area contributed by atoms with E-state index >= 15 is 0 Å². The first-order valence-corrected chi connectivity index (χ1v) is 13.8. The molecule has 9 nitrogen and oxygen atoms in total. The van der Waals surface area contributed by atoms with Crippen LogP contribution in [0, 0.1) is 17.1 Å². The minimum absolute atomic E-state index is 0.0293. The topological polar surface area (TPSA) is 114 Å². The molecule has 0 aliphatic carbocycles. The lowest BCUT2D eigenvalue weighted by atomic mass is 9.92. The van der Waals surface area contributed by atoms with E-state index in [1.54, 1.807) is 36.4 Å². The number of fused-ring (bicyclic) bond motifs is 3. The molecule has 4 heterocycles. The van der Waals surface area contributed by atoms with Crippen molar-refractivity contribution in [2.24, 2.45) is 0 Å². The number of piperidine rings is 1. The van der Waals surface area contributed by atoms with E-state index in [1.807, 2.05) is 18.2 Å². The third-order valence-corrected chi connectivity index (χ3v) is 8.03. The second-order valence-electron chi connectivity index (χ2n) is 10.7. The zero-order chi connectivity index (χ0) is 28.5. The second kappa shape index (κ2) is 11.3. The summed E-state index contributed by atoms with van der Waals surface area (Å²) in [7, 11) is 0. The van der Waals surface area contributed by atoms with Crippen LogP contribution in [-0.4, -0.2) is 56.8 Å². The lowest BCUT2D eigenvalue weighted by Crippen LogP contribution is -2.38. The molecule has 4 aromatic rings. The summed E-state index contributed by atoms with van der Waals surface area (Å²) in [5.74, 6) is 0.177. The third-order valence-electron chi connectivity index (χ3n) is 8.03. The molecule has 2 aromatic heterocycles. The summed E-state index contributed by atoms with van der Waals surface area (Å²) in [6, 6.07) is 17.0. The van der Waals surface area contributed by atoms with Gasteiger partial charge in [0.2, 0.25) is 5.88 Å². The minimum Gasteiger partial charge on any atom is -0.478 e. The second-order valence-corrected chi connectivity index (χ2v) is 10.7. The maximum Gasteiger partial charge on any atom is 0.335 e. The van der Waals surface area contributed by atoms with Gasteiger partial charge < -0.3 is 19.1 Å². The van der Waals surface area contributed by atoms with Gasteiger partial charge in [0, 0.05) is 23.2 Å². The van der Waals surface area contributed by atoms with Crippen LogP contribution in [0.1, 0.15) is 70.8 Å². The van der Waals surface area contributed by atoms with Gasteiger partial charge in [0.25, 0.3) is 0 Å². The smallest absolute Gasteiger partial charge is 0.335 e. The Morgan fingerprint density at radius 3 is 2.73 bits per heavy atom. The van der Waals surface area contributed by atoms with Gasteiger partial charge in [-0.15, -0.1) is 0 Å². The Hall–Kier alpha value is -4.33. The van der Waals surface area contributed by atoms with Crippen molar-refractivity contribution in [1.29, 1.82) is 5.26 Å². The lowest BCUT2D eigenvalue weighted by Gasteiger charge is -2.36. The summed E-state index contributed by atoms with van der Waals surface area (Å²) in [5.41, 5.74) is 3.44. The predicted octanol–water partition coefficient (Wildman–Crippen LogP) is 5.23. The fourth-order valence-electron chi connectivity index (χ4n) is 5.84. The molecule has 2 aromatic carbocycles. The number of aromatic nitrogens is 3. The van der Waals surface area contributed by atoms with Crippen molar-refractivity contribution in [3.63, 3.8) is 0 Å². The van der Waals surface area contributed by atoms with Crippen LogP contribution in [-0.2, 0) is 11.3 Å². The molecule has 1 saturated heterocycles. The van der Waals surface area contributed by atoms with E-state index < -0.39 is 11.8 Å². The Kier molecular flexibility index (Phi) is 7.39. The highest BCUT2D eigenvalue weighted by atomic mass is 19.1. The zero-order valence-corrected chi connectivity index (χ0v) is 22.7. The number of carbonyl (C=O) groups is 1. The summed E-state index contributed by atoms with van der Waals surface area (Å²) in [4.78, 5) is 23.7. The van der Waals surface area contributed by atoms with Gasteiger partial charge in [-0.2, -0.15) is 5.26 Å². The molecule has 0 saturated carbocycles. The van der Waals surface area contributed by atoms with Crippen molar-refractivity contribution >= 4 is 17.0 Å². The van der Waals surface area contributed by atoms with Crippen LogP contribution >= 0.6 is 0 Å². The Bertz CT molecular complexity index is 1640. The number of halogens is 1. The quantitative estimate of drug-likeness (QED) is 0.344. The Labute approximate surface area is 236 Å². The number of rotatable bonds is 6. The van der Waals surface area contributed by atoms with Crippen molar-refractivity contribution in [2.75, 3.05) is 26.3 Å². The van der Waals surface area contributed by atoms with Crippen LogP contribution in [0.2, 0.25) is 0 Å². The molecule has 10 heteroatoms. The molecule has 0 radical (unpaired) electrons. The molecule has 0 bridgehead atoms. The van der Waals surface area contributed by atoms with Gasteiger partial charge in [-0.3, -0.25) is 4.90 Å². The van der Waals surface area contributed by atoms with E-state index in [4.69, 9.17) is 24.7 Å². The molecule has 0 unspecified atom stereocenters. The zero-order valence-electron chi connectivity index (χ0n) is 22.7. The van der Waals surface area contributed by atoms with Crippen molar-refractivity contribution in [3.05, 3.63) is 88.6 Å². The van der Waals surface area contributed by atoms with E-state index in [0.29, 0.717) is 24.7 Å². The van der Waals surface area contributed by atoms with Gasteiger partial charge in [-0.1, -0.05) is 12.1 Å². The number of benzene rings is 2. The van der Waals surface area contributed by atoms with E-state index in [-0.39, 0.29) is 35.7 Å². The fraction of sp³-hybridized carbons (Fsp3) is 0.355. The summed E-state index contributed by atoms with van der Waals surface area (Å²) in [6.45, 7) is 4.83. The SMILES string of the molecule is C[C@@H]1COC[C@H](N2CCC(c3cccc(OCc4ccc(C#N)cc4F)n3)CC2)c2nc3ccc(C(=O)O)cc3n21. The predicted molar refractivity (Wildman–Crippen MR) is 148 cm³/mol. The van der Waals surface area contributed by atoms with Gasteiger partial charge in [0.1, 0.15) is 18.2 Å². The molecular weight excluding hydrogens is 525 g/mol. The van der Waals surface area contributed by atoms with Crippen molar-refractivity contribution < 1.29 is 23.8 Å². The number of aromatic carboxylic acids is 1. The fourth-order valence-corrected chi connectivity index (χ4v) is 5.84. The summed E-state index contributed by atoms with van der Waals surface area (Å²) in [5, 5.41) is 18.4. The first kappa shape index (κ1) is 26.9. The summed E-state index contributed by atoms with van der Waals surface area (Å²) < 4.78 is 28.3. The number of ether oxygens (including phenoxy) is 2. The Morgan fingerprint density at radius 2 is 1.98 bits per heavy atom. The van der Waals surface area contributed by atoms with Crippen molar-refractivity contribution in [2.45, 2.75) is 44.4 Å². The van der Waals surface area contributed by atoms with Crippen LogP contribution in [0.5, 0.6) is 5.88 Å². The van der Waals surface area contributed by atoms with E-state index in [0.717, 1.165) is 48.5 Å². The third kappa shape index (κ3) is 5.38. The molecule has 0 amide bonds. The number of carboxylic acids is 1. The number of carboxylic acid groups (broad SMARTS) is 1. The molecule has 1 N–H and O–H groups in total. The minimum atomic E-state index is -0.955. The number of imidazole rings is 1. The standard InChI is InChI=1S/C31H30FN5O4/c1-19-16-40-18-28(30-35-26-8-7-22(31(38)39)14-27(26)37(19)30)36-11-9-21(10-12-36)25-3-2-4-29(34-25)41-17-23-6-5-20(15-33)13-24(23)32/h2-8,13-14,19,21,28H,9-12,16-18H2,1H3,(H,38,39)/t19-,28+/m1/s1. The molecule has 2 aliphatic heterocycles. The first-order chi connectivity index (χ1) is 19.9. The normalized spacial score (nSPS) is 19.8. The summed E-state index contributed by atoms with van der Waals surface area (Å²) in [6.07, 6.45) is 1.80. The molecule has 0 spiro atoms. The van der Waals surface area contributed by atoms with Crippen LogP contribution in [0.25, 0.3) is 11.0 Å². The summed E-state index contributed by atoms with van der Waals surface area (Å²) >= 11 is 0. The number of likely N-dealkylation sites (tertiary alicyclic amines) is 1. The van der Waals surface area contributed by atoms with Gasteiger partial charge in [-0.25, -0.2) is 19.2 Å². The van der Waals surface area contributed by atoms with Crippen LogP contribution in [0.3, 0.4) is 0 Å². The molecule has 2 aliphatic rings. The number of nitriles is 1. The Balaban J connectivity index is 1.15. The largest absolute Gasteiger partial charge is 0.478 e. The Morgan fingerprint density at radius 1 is 1.15 bits per heavy atom. The average Bonchev–Trinajstić information content (AvgIpc) is 3.29. The van der Waals surface area contributed by atoms with E-state index in [1.165, 1.54) is 6.07 Å². The van der Waals surface area contributed by atoms with Gasteiger partial charge >= 0.3 is 5.97 Å². The molecular formula is C31H30FN5O4. The number of hydrogen-bond acceptors (Lipinski definition) is 7. The van der Waals surface area contributed by atoms with Gasteiger partial charge in [0.05, 0.1) is 53.5 Å². The van der Waals surface area contributed by atoms with Crippen molar-refractivity contribution in [1.82, 2.24) is 19.4 Å². The van der Waals surface area contributed by atoms with Gasteiger partial charge in [-0.05, 0) is 69.3 Å². The highest BCUT2D eigenvalue weighted by Crippen LogP contribution is 2.36. The molecule has 1 fully saturated rings. The van der Waals surface area contributed by atoms with Crippen LogP contribution in [0.15, 0.2) is 54.6 Å². The maximum absolute atomic E-state index is 14.3. The van der Waals surface area contributed by atoms with E-state index in [2.05, 4.69) is 16.4 Å². The molecule has 41 heavy (non-hydrogen) atoms. The number of hydrogen-bond donors (Lipinski definition) is 1. The van der Waals surface area contributed by atoms with E-state index in [9.17, 15) is 14.3 Å². The molecule has 6 rings (SSSR count). The van der Waals surface area contributed by atoms with Crippen LogP contribution in [0.4, 0.5) is 4.39 Å². The lowest BCUT2D eigenvalue weighted by molar-refractivity contribution is 0.0479. The number of nitrogens with zero attached hydrogens (tertiary/aromatic N) is 5. The maximum atomic E-state index is 14.3. The monoisotopic (exact) mass is 555 g/mol. The van der Waals surface area contributed by atoms with Gasteiger partial charge in [0.15, 0.2) is 0 Å². The highest BCUT2D eigenvalue weighted by molar-refractivity contribution is 5.92.